The van der Waals surface area contributed by atoms with Crippen molar-refractivity contribution in [2.75, 3.05) is 0 Å². The Morgan fingerprint density at radius 3 is 2.38 bits per heavy atom. The standard InChI is InChI=1S/C12H14BrNOS/c1-12(2,15)11-7-16(8-14-11)10-5-3-9(13)4-6-10/h3-8,15-16H,1-2H3. The van der Waals surface area contributed by atoms with E-state index in [9.17, 15) is 5.11 Å². The molecule has 2 rings (SSSR count). The number of halogens is 1. The second-order valence-corrected chi connectivity index (χ2v) is 6.94. The first kappa shape index (κ1) is 11.9. The predicted molar refractivity (Wildman–Crippen MR) is 74.3 cm³/mol. The SMILES string of the molecule is CC(C)(O)C1=C[SH](c2ccc(Br)cc2)C=N1. The Labute approximate surface area is 107 Å². The van der Waals surface area contributed by atoms with E-state index in [1.54, 1.807) is 13.8 Å². The molecule has 1 aromatic rings. The molecule has 1 heterocycles. The first-order valence-corrected chi connectivity index (χ1v) is 7.27. The second-order valence-electron chi connectivity index (χ2n) is 4.20. The van der Waals surface area contributed by atoms with Crippen LogP contribution in [0.1, 0.15) is 13.8 Å². The van der Waals surface area contributed by atoms with Crippen LogP contribution >= 0.6 is 26.8 Å². The number of hydrogen-bond donors (Lipinski definition) is 2. The lowest BCUT2D eigenvalue weighted by atomic mass is 10.1. The number of hydrogen-bond acceptors (Lipinski definition) is 2. The molecule has 0 spiro atoms. The van der Waals surface area contributed by atoms with Crippen LogP contribution in [0.2, 0.25) is 0 Å². The van der Waals surface area contributed by atoms with Gasteiger partial charge in [-0.05, 0) is 48.4 Å². The van der Waals surface area contributed by atoms with Gasteiger partial charge < -0.3 is 5.11 Å². The molecule has 1 aliphatic rings. The first-order valence-electron chi connectivity index (χ1n) is 4.99. The van der Waals surface area contributed by atoms with Gasteiger partial charge in [0.25, 0.3) is 0 Å². The largest absolute Gasteiger partial charge is 0.384 e. The van der Waals surface area contributed by atoms with Crippen molar-refractivity contribution in [1.82, 2.24) is 0 Å². The lowest BCUT2D eigenvalue weighted by Crippen LogP contribution is -2.19. The molecule has 0 radical (unpaired) electrons. The summed E-state index contributed by atoms with van der Waals surface area (Å²) >= 11 is 3.42. The van der Waals surface area contributed by atoms with Crippen LogP contribution in [0.25, 0.3) is 0 Å². The molecule has 1 aromatic carbocycles. The van der Waals surface area contributed by atoms with Crippen LogP contribution < -0.4 is 0 Å². The summed E-state index contributed by atoms with van der Waals surface area (Å²) in [6.45, 7) is 3.52. The average molecular weight is 300 g/mol. The van der Waals surface area contributed by atoms with Crippen LogP contribution in [0.4, 0.5) is 0 Å². The molecule has 1 atom stereocenters. The molecule has 1 N–H and O–H groups in total. The minimum absolute atomic E-state index is 0.491. The Morgan fingerprint density at radius 2 is 1.88 bits per heavy atom. The topological polar surface area (TPSA) is 32.6 Å². The van der Waals surface area contributed by atoms with Crippen LogP contribution in [0.3, 0.4) is 0 Å². The van der Waals surface area contributed by atoms with Gasteiger partial charge in [0, 0.05) is 10.0 Å². The zero-order chi connectivity index (χ0) is 11.8. The molecule has 86 valence electrons. The molecule has 16 heavy (non-hydrogen) atoms. The summed E-state index contributed by atoms with van der Waals surface area (Å²) in [7, 11) is -0.491. The Kier molecular flexibility index (Phi) is 3.24. The van der Waals surface area contributed by atoms with E-state index in [1.807, 2.05) is 17.7 Å². The molecule has 0 aliphatic carbocycles. The van der Waals surface area contributed by atoms with E-state index in [4.69, 9.17) is 0 Å². The van der Waals surface area contributed by atoms with E-state index >= 15 is 0 Å². The van der Waals surface area contributed by atoms with Crippen LogP contribution in [0.15, 0.2) is 49.7 Å². The maximum absolute atomic E-state index is 9.85. The molecule has 1 unspecified atom stereocenters. The first-order chi connectivity index (χ1) is 7.47. The molecule has 0 amide bonds. The molecular formula is C12H14BrNOS. The highest BCUT2D eigenvalue weighted by molar-refractivity contribution is 9.10. The minimum Gasteiger partial charge on any atom is -0.384 e. The Bertz CT molecular complexity index is 445. The van der Waals surface area contributed by atoms with Crippen LogP contribution in [-0.2, 0) is 0 Å². The van der Waals surface area contributed by atoms with E-state index in [-0.39, 0.29) is 0 Å². The summed E-state index contributed by atoms with van der Waals surface area (Å²) in [4.78, 5) is 5.54. The fourth-order valence-electron chi connectivity index (χ4n) is 1.39. The lowest BCUT2D eigenvalue weighted by molar-refractivity contribution is 0.119. The van der Waals surface area contributed by atoms with Gasteiger partial charge in [-0.3, -0.25) is 4.99 Å². The maximum Gasteiger partial charge on any atom is 0.101 e. The van der Waals surface area contributed by atoms with E-state index in [2.05, 4.69) is 38.5 Å². The van der Waals surface area contributed by atoms with Gasteiger partial charge in [-0.15, -0.1) is 0 Å². The molecular weight excluding hydrogens is 286 g/mol. The van der Waals surface area contributed by atoms with Crippen LogP contribution in [0.5, 0.6) is 0 Å². The second kappa shape index (κ2) is 4.35. The van der Waals surface area contributed by atoms with E-state index < -0.39 is 16.5 Å². The van der Waals surface area contributed by atoms with E-state index in [1.165, 1.54) is 4.90 Å². The van der Waals surface area contributed by atoms with Crippen molar-refractivity contribution in [1.29, 1.82) is 0 Å². The van der Waals surface area contributed by atoms with Crippen molar-refractivity contribution in [2.24, 2.45) is 4.99 Å². The minimum atomic E-state index is -0.844. The third kappa shape index (κ3) is 2.56. The van der Waals surface area contributed by atoms with Crippen molar-refractivity contribution in [3.05, 3.63) is 39.8 Å². The summed E-state index contributed by atoms with van der Waals surface area (Å²) in [5.74, 6) is 0. The van der Waals surface area contributed by atoms with Gasteiger partial charge in [0.2, 0.25) is 0 Å². The van der Waals surface area contributed by atoms with Crippen molar-refractivity contribution >= 4 is 32.4 Å². The van der Waals surface area contributed by atoms with Gasteiger partial charge in [-0.2, -0.15) is 10.9 Å². The van der Waals surface area contributed by atoms with Crippen LogP contribution in [0, 0.1) is 0 Å². The van der Waals surface area contributed by atoms with Gasteiger partial charge in [-0.25, -0.2) is 0 Å². The zero-order valence-electron chi connectivity index (χ0n) is 9.18. The summed E-state index contributed by atoms with van der Waals surface area (Å²) in [5.41, 5.74) is 1.86. The molecule has 0 aromatic heterocycles. The highest BCUT2D eigenvalue weighted by atomic mass is 79.9. The van der Waals surface area contributed by atoms with E-state index in [0.717, 1.165) is 10.2 Å². The zero-order valence-corrected chi connectivity index (χ0v) is 11.7. The molecule has 2 nitrogen and oxygen atoms in total. The van der Waals surface area contributed by atoms with Gasteiger partial charge in [0.15, 0.2) is 0 Å². The molecule has 0 fully saturated rings. The summed E-state index contributed by atoms with van der Waals surface area (Å²) < 4.78 is 1.08. The van der Waals surface area contributed by atoms with Crippen LogP contribution in [-0.4, -0.2) is 16.3 Å². The quantitative estimate of drug-likeness (QED) is 0.806. The predicted octanol–water partition coefficient (Wildman–Crippen LogP) is 3.46. The van der Waals surface area contributed by atoms with Gasteiger partial charge in [-0.1, -0.05) is 15.9 Å². The third-order valence-electron chi connectivity index (χ3n) is 2.33. The van der Waals surface area contributed by atoms with Crippen molar-refractivity contribution in [2.45, 2.75) is 24.3 Å². The monoisotopic (exact) mass is 299 g/mol. The van der Waals surface area contributed by atoms with Gasteiger partial charge >= 0.3 is 0 Å². The highest BCUT2D eigenvalue weighted by Crippen LogP contribution is 2.42. The maximum atomic E-state index is 9.85. The Balaban J connectivity index is 2.24. The normalized spacial score (nSPS) is 22.2. The third-order valence-corrected chi connectivity index (χ3v) is 4.64. The molecule has 1 aliphatic heterocycles. The molecule has 0 saturated carbocycles. The fraction of sp³-hybridized carbons (Fsp3) is 0.250. The van der Waals surface area contributed by atoms with Gasteiger partial charge in [0.1, 0.15) is 5.60 Å². The summed E-state index contributed by atoms with van der Waals surface area (Å²) in [6.07, 6.45) is 0. The molecule has 4 heteroatoms. The van der Waals surface area contributed by atoms with Gasteiger partial charge in [0.05, 0.1) is 5.70 Å². The number of nitrogens with zero attached hydrogens (tertiary/aromatic N) is 1. The number of thiol groups is 1. The number of aliphatic hydroxyl groups is 1. The molecule has 0 bridgehead atoms. The Morgan fingerprint density at radius 1 is 1.25 bits per heavy atom. The Hall–Kier alpha value is -0.580. The number of rotatable bonds is 2. The van der Waals surface area contributed by atoms with Crippen molar-refractivity contribution in [3.8, 4) is 0 Å². The summed E-state index contributed by atoms with van der Waals surface area (Å²) in [5, 5.41) is 11.9. The molecule has 0 saturated heterocycles. The fourth-order valence-corrected chi connectivity index (χ4v) is 3.39. The highest BCUT2D eigenvalue weighted by Gasteiger charge is 2.22. The number of benzene rings is 1. The summed E-state index contributed by atoms with van der Waals surface area (Å²) in [6, 6.07) is 8.24. The lowest BCUT2D eigenvalue weighted by Gasteiger charge is -2.16. The van der Waals surface area contributed by atoms with Crippen molar-refractivity contribution in [3.63, 3.8) is 0 Å². The average Bonchev–Trinajstić information content (AvgIpc) is 2.67. The van der Waals surface area contributed by atoms with E-state index in [0.29, 0.717) is 0 Å². The van der Waals surface area contributed by atoms with Crippen molar-refractivity contribution < 1.29 is 5.11 Å². The smallest absolute Gasteiger partial charge is 0.101 e. The number of aliphatic imine (C=N–C) groups is 1.